The van der Waals surface area contributed by atoms with Crippen LogP contribution in [0.3, 0.4) is 0 Å². The van der Waals surface area contributed by atoms with Crippen LogP contribution in [0.4, 0.5) is 13.2 Å². The highest BCUT2D eigenvalue weighted by Crippen LogP contribution is 2.44. The molecule has 1 nitrogen and oxygen atoms in total. The number of rotatable bonds is 3. The quantitative estimate of drug-likeness (QED) is 0.823. The minimum atomic E-state index is -4.27. The Bertz CT molecular complexity index is 439. The molecule has 0 bridgehead atoms. The van der Waals surface area contributed by atoms with Gasteiger partial charge in [-0.2, -0.15) is 13.2 Å². The lowest BCUT2D eigenvalue weighted by Gasteiger charge is -2.49. The van der Waals surface area contributed by atoms with Crippen LogP contribution in [0.2, 0.25) is 0 Å². The highest BCUT2D eigenvalue weighted by Gasteiger charge is 2.46. The molecular weight excluding hydrogens is 275 g/mol. The summed E-state index contributed by atoms with van der Waals surface area (Å²) in [6, 6.07) is 5.58. The summed E-state index contributed by atoms with van der Waals surface area (Å²) in [7, 11) is 0. The lowest BCUT2D eigenvalue weighted by Crippen LogP contribution is -2.57. The molecule has 1 fully saturated rings. The van der Waals surface area contributed by atoms with E-state index in [2.05, 4.69) is 19.2 Å². The molecular formula is C14H17ClF3N. The first-order valence-electron chi connectivity index (χ1n) is 6.25. The van der Waals surface area contributed by atoms with Gasteiger partial charge < -0.3 is 5.32 Å². The predicted molar refractivity (Wildman–Crippen MR) is 70.1 cm³/mol. The zero-order chi connectivity index (χ0) is 14.3. The molecule has 1 N–H and O–H groups in total. The molecule has 0 aromatic heterocycles. The molecule has 1 aromatic rings. The first kappa shape index (κ1) is 14.7. The summed E-state index contributed by atoms with van der Waals surface area (Å²) in [5, 5.41) is 3.51. The van der Waals surface area contributed by atoms with Crippen LogP contribution in [0.25, 0.3) is 0 Å². The Hall–Kier alpha value is -0.740. The Kier molecular flexibility index (Phi) is 3.85. The van der Waals surface area contributed by atoms with E-state index in [0.717, 1.165) is 24.1 Å². The minimum absolute atomic E-state index is 0.0352. The predicted octanol–water partition coefficient (Wildman–Crippen LogP) is 4.20. The Morgan fingerprint density at radius 3 is 2.26 bits per heavy atom. The molecule has 0 radical (unpaired) electrons. The number of halogens is 4. The molecule has 2 rings (SSSR count). The van der Waals surface area contributed by atoms with Crippen LogP contribution in [0, 0.1) is 5.41 Å². The fourth-order valence-corrected chi connectivity index (χ4v) is 2.60. The van der Waals surface area contributed by atoms with E-state index in [4.69, 9.17) is 11.6 Å². The normalized spacial score (nSPS) is 26.0. The van der Waals surface area contributed by atoms with E-state index in [1.54, 1.807) is 0 Å². The van der Waals surface area contributed by atoms with Crippen LogP contribution < -0.4 is 5.32 Å². The van der Waals surface area contributed by atoms with Crippen molar-refractivity contribution in [1.82, 2.24) is 5.32 Å². The Labute approximate surface area is 116 Å². The highest BCUT2D eigenvalue weighted by atomic mass is 35.5. The lowest BCUT2D eigenvalue weighted by atomic mass is 9.67. The standard InChI is InChI=1S/C14H17ClF3N/c1-13(2)11(15)7-12(13)19-8-9-3-5-10(6-4-9)14(16,17)18/h3-6,11-12,19H,7-8H2,1-2H3. The van der Waals surface area contributed by atoms with E-state index < -0.39 is 11.7 Å². The van der Waals surface area contributed by atoms with E-state index in [1.165, 1.54) is 12.1 Å². The fraction of sp³-hybridized carbons (Fsp3) is 0.571. The molecule has 0 heterocycles. The van der Waals surface area contributed by atoms with E-state index in [1.807, 2.05) is 0 Å². The van der Waals surface area contributed by atoms with Crippen LogP contribution in [-0.4, -0.2) is 11.4 Å². The molecule has 0 amide bonds. The van der Waals surface area contributed by atoms with Crippen molar-refractivity contribution in [2.24, 2.45) is 5.41 Å². The molecule has 0 saturated heterocycles. The molecule has 5 heteroatoms. The second-order valence-electron chi connectivity index (χ2n) is 5.65. The molecule has 1 saturated carbocycles. The molecule has 19 heavy (non-hydrogen) atoms. The molecule has 1 aromatic carbocycles. The van der Waals surface area contributed by atoms with Gasteiger partial charge in [0.2, 0.25) is 0 Å². The van der Waals surface area contributed by atoms with Gasteiger partial charge in [0, 0.05) is 18.0 Å². The lowest BCUT2D eigenvalue weighted by molar-refractivity contribution is -0.137. The van der Waals surface area contributed by atoms with Gasteiger partial charge in [-0.05, 0) is 29.5 Å². The van der Waals surface area contributed by atoms with Crippen molar-refractivity contribution >= 4 is 11.6 Å². The maximum absolute atomic E-state index is 12.4. The number of hydrogen-bond acceptors (Lipinski definition) is 1. The summed E-state index contributed by atoms with van der Waals surface area (Å²) in [5.74, 6) is 0. The first-order valence-corrected chi connectivity index (χ1v) is 6.68. The third-order valence-corrected chi connectivity index (χ3v) is 4.72. The van der Waals surface area contributed by atoms with E-state index in [0.29, 0.717) is 12.6 Å². The zero-order valence-corrected chi connectivity index (χ0v) is 11.6. The van der Waals surface area contributed by atoms with Crippen molar-refractivity contribution in [2.75, 3.05) is 0 Å². The second kappa shape index (κ2) is 4.98. The van der Waals surface area contributed by atoms with E-state index >= 15 is 0 Å². The summed E-state index contributed by atoms with van der Waals surface area (Å²) in [6.45, 7) is 4.76. The third-order valence-electron chi connectivity index (χ3n) is 3.98. The summed E-state index contributed by atoms with van der Waals surface area (Å²) >= 11 is 6.12. The van der Waals surface area contributed by atoms with Gasteiger partial charge in [0.25, 0.3) is 0 Å². The van der Waals surface area contributed by atoms with Crippen molar-refractivity contribution in [2.45, 2.75) is 44.4 Å². The van der Waals surface area contributed by atoms with Crippen LogP contribution in [0.1, 0.15) is 31.4 Å². The van der Waals surface area contributed by atoms with Gasteiger partial charge in [-0.15, -0.1) is 11.6 Å². The maximum atomic E-state index is 12.4. The summed E-state index contributed by atoms with van der Waals surface area (Å²) < 4.78 is 37.2. The number of benzene rings is 1. The fourth-order valence-electron chi connectivity index (χ4n) is 2.27. The van der Waals surface area contributed by atoms with E-state index in [9.17, 15) is 13.2 Å². The largest absolute Gasteiger partial charge is 0.416 e. The SMILES string of the molecule is CC1(C)C(Cl)CC1NCc1ccc(C(F)(F)F)cc1. The molecule has 1 aliphatic rings. The van der Waals surface area contributed by atoms with Gasteiger partial charge in [0.05, 0.1) is 5.56 Å². The number of alkyl halides is 4. The number of nitrogens with one attached hydrogen (secondary N) is 1. The maximum Gasteiger partial charge on any atom is 0.416 e. The summed E-state index contributed by atoms with van der Waals surface area (Å²) in [4.78, 5) is 0. The Balaban J connectivity index is 1.91. The monoisotopic (exact) mass is 291 g/mol. The molecule has 1 aliphatic carbocycles. The van der Waals surface area contributed by atoms with Crippen LogP contribution in [0.5, 0.6) is 0 Å². The second-order valence-corrected chi connectivity index (χ2v) is 6.18. The van der Waals surface area contributed by atoms with Crippen LogP contribution in [-0.2, 0) is 12.7 Å². The molecule has 0 spiro atoms. The molecule has 2 atom stereocenters. The minimum Gasteiger partial charge on any atom is -0.309 e. The van der Waals surface area contributed by atoms with Crippen molar-refractivity contribution in [3.05, 3.63) is 35.4 Å². The van der Waals surface area contributed by atoms with Gasteiger partial charge >= 0.3 is 6.18 Å². The first-order chi connectivity index (χ1) is 8.71. The third kappa shape index (κ3) is 3.06. The Morgan fingerprint density at radius 2 is 1.84 bits per heavy atom. The van der Waals surface area contributed by atoms with Crippen LogP contribution >= 0.6 is 11.6 Å². The van der Waals surface area contributed by atoms with Gasteiger partial charge in [0.15, 0.2) is 0 Å². The summed E-state index contributed by atoms with van der Waals surface area (Å²) in [6.07, 6.45) is -3.37. The topological polar surface area (TPSA) is 12.0 Å². The molecule has 0 aliphatic heterocycles. The smallest absolute Gasteiger partial charge is 0.309 e. The van der Waals surface area contributed by atoms with Gasteiger partial charge in [-0.25, -0.2) is 0 Å². The van der Waals surface area contributed by atoms with Crippen molar-refractivity contribution in [3.63, 3.8) is 0 Å². The van der Waals surface area contributed by atoms with Crippen molar-refractivity contribution in [1.29, 1.82) is 0 Å². The van der Waals surface area contributed by atoms with E-state index in [-0.39, 0.29) is 10.8 Å². The van der Waals surface area contributed by atoms with Crippen LogP contribution in [0.15, 0.2) is 24.3 Å². The Morgan fingerprint density at radius 1 is 1.26 bits per heavy atom. The molecule has 106 valence electrons. The van der Waals surface area contributed by atoms with Gasteiger partial charge in [-0.1, -0.05) is 26.0 Å². The van der Waals surface area contributed by atoms with Gasteiger partial charge in [-0.3, -0.25) is 0 Å². The highest BCUT2D eigenvalue weighted by molar-refractivity contribution is 6.21. The average molecular weight is 292 g/mol. The average Bonchev–Trinajstić information content (AvgIpc) is 2.33. The summed E-state index contributed by atoms with van der Waals surface area (Å²) in [5.41, 5.74) is 0.274. The van der Waals surface area contributed by atoms with Crippen molar-refractivity contribution in [3.8, 4) is 0 Å². The van der Waals surface area contributed by atoms with Gasteiger partial charge in [0.1, 0.15) is 0 Å². The molecule has 2 unspecified atom stereocenters. The zero-order valence-electron chi connectivity index (χ0n) is 10.9. The number of hydrogen-bond donors (Lipinski definition) is 1. The van der Waals surface area contributed by atoms with Crippen molar-refractivity contribution < 1.29 is 13.2 Å².